The van der Waals surface area contributed by atoms with E-state index >= 15 is 0 Å². The Morgan fingerprint density at radius 2 is 2.35 bits per heavy atom. The van der Waals surface area contributed by atoms with Crippen molar-refractivity contribution >= 4 is 44.2 Å². The maximum Gasteiger partial charge on any atom is 0.157 e. The molecule has 2 nitrogen and oxygen atoms in total. The summed E-state index contributed by atoms with van der Waals surface area (Å²) in [5.41, 5.74) is 0.236. The Kier molecular flexibility index (Phi) is 4.55. The van der Waals surface area contributed by atoms with Crippen LogP contribution in [0.4, 0.5) is 0 Å². The van der Waals surface area contributed by atoms with Crippen LogP contribution in [0.25, 0.3) is 0 Å². The molecular formula is C12H17BrN2S2. The second-order valence-electron chi connectivity index (χ2n) is 4.46. The Morgan fingerprint density at radius 1 is 1.53 bits per heavy atom. The van der Waals surface area contributed by atoms with Crippen LogP contribution in [0.2, 0.25) is 0 Å². The molecule has 1 unspecified atom stereocenters. The second-order valence-corrected chi connectivity index (χ2v) is 8.10. The van der Waals surface area contributed by atoms with E-state index in [0.717, 1.165) is 18.1 Å². The average Bonchev–Trinajstić information content (AvgIpc) is 2.73. The van der Waals surface area contributed by atoms with Crippen molar-refractivity contribution in [3.05, 3.63) is 20.8 Å². The first kappa shape index (κ1) is 13.4. The minimum Gasteiger partial charge on any atom is -0.360 e. The van der Waals surface area contributed by atoms with Crippen molar-refractivity contribution in [2.75, 3.05) is 5.75 Å². The number of hydrogen-bond acceptors (Lipinski definition) is 3. The SMILES string of the molecule is CCC1(C)CCSC(=NCc2ccc(Br)s2)N1. The van der Waals surface area contributed by atoms with Crippen LogP contribution < -0.4 is 5.32 Å². The van der Waals surface area contributed by atoms with Gasteiger partial charge in [0.05, 0.1) is 10.3 Å². The quantitative estimate of drug-likeness (QED) is 0.894. The fourth-order valence-corrected chi connectivity index (χ4v) is 4.29. The number of rotatable bonds is 3. The van der Waals surface area contributed by atoms with Crippen molar-refractivity contribution in [1.29, 1.82) is 0 Å². The number of hydrogen-bond donors (Lipinski definition) is 1. The van der Waals surface area contributed by atoms with Gasteiger partial charge in [-0.2, -0.15) is 0 Å². The highest BCUT2D eigenvalue weighted by atomic mass is 79.9. The van der Waals surface area contributed by atoms with E-state index in [4.69, 9.17) is 0 Å². The van der Waals surface area contributed by atoms with Gasteiger partial charge in [-0.25, -0.2) is 0 Å². The topological polar surface area (TPSA) is 24.4 Å². The van der Waals surface area contributed by atoms with Crippen molar-refractivity contribution in [1.82, 2.24) is 5.32 Å². The molecule has 0 aliphatic carbocycles. The van der Waals surface area contributed by atoms with E-state index < -0.39 is 0 Å². The lowest BCUT2D eigenvalue weighted by Gasteiger charge is -2.35. The minimum atomic E-state index is 0.236. The molecule has 1 N–H and O–H groups in total. The van der Waals surface area contributed by atoms with Gasteiger partial charge in [-0.1, -0.05) is 18.7 Å². The predicted octanol–water partition coefficient (Wildman–Crippen LogP) is 4.26. The number of nitrogens with one attached hydrogen (secondary N) is 1. The van der Waals surface area contributed by atoms with Crippen LogP contribution in [0.5, 0.6) is 0 Å². The van der Waals surface area contributed by atoms with Gasteiger partial charge in [0.1, 0.15) is 0 Å². The van der Waals surface area contributed by atoms with Gasteiger partial charge in [0.2, 0.25) is 0 Å². The van der Waals surface area contributed by atoms with Crippen molar-refractivity contribution in [2.24, 2.45) is 4.99 Å². The third-order valence-electron chi connectivity index (χ3n) is 3.09. The van der Waals surface area contributed by atoms with Crippen molar-refractivity contribution in [2.45, 2.75) is 38.8 Å². The van der Waals surface area contributed by atoms with Gasteiger partial charge < -0.3 is 5.32 Å². The average molecular weight is 333 g/mol. The first-order valence-corrected chi connectivity index (χ1v) is 8.40. The van der Waals surface area contributed by atoms with Gasteiger partial charge in [-0.05, 0) is 47.8 Å². The lowest BCUT2D eigenvalue weighted by Crippen LogP contribution is -2.48. The normalized spacial score (nSPS) is 27.1. The van der Waals surface area contributed by atoms with Gasteiger partial charge in [0.15, 0.2) is 5.17 Å². The summed E-state index contributed by atoms with van der Waals surface area (Å²) in [5, 5.41) is 4.66. The lowest BCUT2D eigenvalue weighted by molar-refractivity contribution is 0.390. The first-order chi connectivity index (χ1) is 8.11. The van der Waals surface area contributed by atoms with Crippen LogP contribution >= 0.6 is 39.0 Å². The zero-order valence-electron chi connectivity index (χ0n) is 10.1. The minimum absolute atomic E-state index is 0.236. The molecule has 0 saturated carbocycles. The van der Waals surface area contributed by atoms with Crippen LogP contribution in [-0.2, 0) is 6.54 Å². The highest BCUT2D eigenvalue weighted by Crippen LogP contribution is 2.26. The molecule has 2 heterocycles. The fourth-order valence-electron chi connectivity index (χ4n) is 1.67. The number of thiophene rings is 1. The summed E-state index contributed by atoms with van der Waals surface area (Å²) in [5.74, 6) is 1.17. The molecule has 0 radical (unpaired) electrons. The van der Waals surface area contributed by atoms with E-state index in [1.54, 1.807) is 11.3 Å². The Balaban J connectivity index is 1.97. The van der Waals surface area contributed by atoms with E-state index in [-0.39, 0.29) is 5.54 Å². The number of nitrogens with zero attached hydrogens (tertiary/aromatic N) is 1. The number of aliphatic imine (C=N–C) groups is 1. The number of amidine groups is 1. The third-order valence-corrected chi connectivity index (χ3v) is 5.61. The molecule has 94 valence electrons. The molecule has 2 rings (SSSR count). The summed E-state index contributed by atoms with van der Waals surface area (Å²) in [6.45, 7) is 5.30. The van der Waals surface area contributed by atoms with Gasteiger partial charge in [-0.3, -0.25) is 4.99 Å². The summed E-state index contributed by atoms with van der Waals surface area (Å²) in [4.78, 5) is 5.97. The Bertz CT molecular complexity index is 416. The van der Waals surface area contributed by atoms with E-state index in [2.05, 4.69) is 52.2 Å². The highest BCUT2D eigenvalue weighted by molar-refractivity contribution is 9.11. The summed E-state index contributed by atoms with van der Waals surface area (Å²) < 4.78 is 1.18. The summed E-state index contributed by atoms with van der Waals surface area (Å²) in [6.07, 6.45) is 2.37. The Morgan fingerprint density at radius 3 is 3.00 bits per heavy atom. The lowest BCUT2D eigenvalue weighted by atomic mass is 9.96. The zero-order valence-corrected chi connectivity index (χ0v) is 13.3. The maximum absolute atomic E-state index is 4.67. The Hall–Kier alpha value is -0.0000000000000000278. The second kappa shape index (κ2) is 5.76. The van der Waals surface area contributed by atoms with Gasteiger partial charge in [-0.15, -0.1) is 11.3 Å². The molecule has 1 fully saturated rings. The molecule has 0 aromatic carbocycles. The zero-order chi connectivity index (χ0) is 12.3. The van der Waals surface area contributed by atoms with E-state index in [9.17, 15) is 0 Å². The van der Waals surface area contributed by atoms with Crippen LogP contribution in [0.1, 0.15) is 31.6 Å². The van der Waals surface area contributed by atoms with E-state index in [1.165, 1.54) is 20.8 Å². The molecule has 1 aromatic heterocycles. The molecule has 5 heteroatoms. The van der Waals surface area contributed by atoms with Crippen LogP contribution in [0, 0.1) is 0 Å². The van der Waals surface area contributed by atoms with E-state index in [0.29, 0.717) is 0 Å². The molecule has 1 saturated heterocycles. The molecule has 1 atom stereocenters. The highest BCUT2D eigenvalue weighted by Gasteiger charge is 2.27. The number of halogens is 1. The molecule has 1 aliphatic rings. The summed E-state index contributed by atoms with van der Waals surface area (Å²) >= 11 is 7.07. The standard InChI is InChI=1S/C12H17BrN2S2/c1-3-12(2)6-7-16-11(15-12)14-8-9-4-5-10(13)17-9/h4-5H,3,6-8H2,1-2H3,(H,14,15). The molecule has 0 bridgehead atoms. The first-order valence-electron chi connectivity index (χ1n) is 5.81. The molecule has 1 aliphatic heterocycles. The summed E-state index contributed by atoms with van der Waals surface area (Å²) in [6, 6.07) is 4.21. The molecule has 1 aromatic rings. The van der Waals surface area contributed by atoms with E-state index in [1.807, 2.05) is 11.8 Å². The van der Waals surface area contributed by atoms with Crippen molar-refractivity contribution < 1.29 is 0 Å². The van der Waals surface area contributed by atoms with Crippen LogP contribution in [-0.4, -0.2) is 16.5 Å². The number of thioether (sulfide) groups is 1. The van der Waals surface area contributed by atoms with Gasteiger partial charge >= 0.3 is 0 Å². The van der Waals surface area contributed by atoms with Gasteiger partial charge in [0, 0.05) is 16.2 Å². The largest absolute Gasteiger partial charge is 0.360 e. The third kappa shape index (κ3) is 3.73. The summed E-state index contributed by atoms with van der Waals surface area (Å²) in [7, 11) is 0. The monoisotopic (exact) mass is 332 g/mol. The van der Waals surface area contributed by atoms with Crippen LogP contribution in [0.15, 0.2) is 20.9 Å². The Labute approximate surface area is 119 Å². The predicted molar refractivity (Wildman–Crippen MR) is 82.1 cm³/mol. The van der Waals surface area contributed by atoms with Crippen molar-refractivity contribution in [3.63, 3.8) is 0 Å². The van der Waals surface area contributed by atoms with Crippen LogP contribution in [0.3, 0.4) is 0 Å². The van der Waals surface area contributed by atoms with Crippen molar-refractivity contribution in [3.8, 4) is 0 Å². The molecule has 0 spiro atoms. The van der Waals surface area contributed by atoms with Gasteiger partial charge in [0.25, 0.3) is 0 Å². The smallest absolute Gasteiger partial charge is 0.157 e. The molecular weight excluding hydrogens is 316 g/mol. The molecule has 0 amide bonds. The molecule has 17 heavy (non-hydrogen) atoms. The fraction of sp³-hybridized carbons (Fsp3) is 0.583. The maximum atomic E-state index is 4.67.